The van der Waals surface area contributed by atoms with E-state index >= 15 is 0 Å². The largest absolute Gasteiger partial charge is 0.338 e. The fourth-order valence-corrected chi connectivity index (χ4v) is 4.20. The molecule has 0 spiro atoms. The van der Waals surface area contributed by atoms with E-state index in [0.717, 1.165) is 31.0 Å². The van der Waals surface area contributed by atoms with Crippen molar-refractivity contribution in [2.24, 2.45) is 5.92 Å². The summed E-state index contributed by atoms with van der Waals surface area (Å²) in [6.45, 7) is 3.44. The molecule has 27 heavy (non-hydrogen) atoms. The maximum atomic E-state index is 13.7. The molecule has 0 saturated carbocycles. The van der Waals surface area contributed by atoms with Crippen LogP contribution in [0, 0.1) is 17.6 Å². The van der Waals surface area contributed by atoms with Crippen LogP contribution in [-0.2, 0) is 10.0 Å². The highest BCUT2D eigenvalue weighted by Crippen LogP contribution is 2.23. The molecule has 0 aliphatic carbocycles. The molecule has 1 aliphatic heterocycles. The minimum Gasteiger partial charge on any atom is -0.338 e. The number of amides is 1. The minimum atomic E-state index is -4.19. The maximum absolute atomic E-state index is 13.7. The smallest absolute Gasteiger partial charge is 0.262 e. The summed E-state index contributed by atoms with van der Waals surface area (Å²) in [6.07, 6.45) is 2.02. The zero-order valence-electron chi connectivity index (χ0n) is 14.8. The Labute approximate surface area is 157 Å². The maximum Gasteiger partial charge on any atom is 0.262 e. The lowest BCUT2D eigenvalue weighted by Crippen LogP contribution is -2.39. The third kappa shape index (κ3) is 4.27. The number of para-hydroxylation sites is 1. The van der Waals surface area contributed by atoms with Gasteiger partial charge >= 0.3 is 0 Å². The summed E-state index contributed by atoms with van der Waals surface area (Å²) < 4.78 is 54.1. The Hall–Kier alpha value is -2.48. The van der Waals surface area contributed by atoms with Crippen LogP contribution in [0.4, 0.5) is 14.5 Å². The average Bonchev–Trinajstić information content (AvgIpc) is 2.64. The van der Waals surface area contributed by atoms with Crippen LogP contribution in [0.15, 0.2) is 47.4 Å². The van der Waals surface area contributed by atoms with E-state index in [1.165, 1.54) is 24.3 Å². The van der Waals surface area contributed by atoms with Gasteiger partial charge in [-0.25, -0.2) is 17.2 Å². The number of nitrogens with zero attached hydrogens (tertiary/aromatic N) is 1. The third-order valence-electron chi connectivity index (χ3n) is 4.55. The highest BCUT2D eigenvalue weighted by atomic mass is 32.2. The molecule has 1 fully saturated rings. The van der Waals surface area contributed by atoms with E-state index in [1.54, 1.807) is 4.90 Å². The number of nitrogens with one attached hydrogen (secondary N) is 1. The second kappa shape index (κ2) is 7.64. The molecule has 1 aliphatic rings. The Morgan fingerprint density at radius 3 is 2.33 bits per heavy atom. The first-order chi connectivity index (χ1) is 12.8. The van der Waals surface area contributed by atoms with Crippen molar-refractivity contribution < 1.29 is 22.0 Å². The molecule has 0 aromatic heterocycles. The summed E-state index contributed by atoms with van der Waals surface area (Å²) in [5, 5.41) is 0. The number of anilines is 1. The summed E-state index contributed by atoms with van der Waals surface area (Å²) in [7, 11) is -4.19. The van der Waals surface area contributed by atoms with Crippen molar-refractivity contribution in [2.75, 3.05) is 17.8 Å². The zero-order valence-corrected chi connectivity index (χ0v) is 15.6. The number of piperidine rings is 1. The molecular formula is C19H20F2N2O3S. The number of carbonyl (C=O) groups excluding carboxylic acids is 1. The molecule has 1 unspecified atom stereocenters. The van der Waals surface area contributed by atoms with Crippen LogP contribution in [0.5, 0.6) is 0 Å². The third-order valence-corrected chi connectivity index (χ3v) is 5.92. The van der Waals surface area contributed by atoms with Gasteiger partial charge in [-0.3, -0.25) is 9.52 Å². The summed E-state index contributed by atoms with van der Waals surface area (Å²) in [5.41, 5.74) is -0.361. The molecule has 1 saturated heterocycles. The Balaban J connectivity index is 1.79. The molecule has 3 rings (SSSR count). The van der Waals surface area contributed by atoms with Gasteiger partial charge in [-0.05, 0) is 55.2 Å². The van der Waals surface area contributed by atoms with Crippen molar-refractivity contribution >= 4 is 21.6 Å². The molecule has 1 heterocycles. The lowest BCUT2D eigenvalue weighted by Gasteiger charge is -2.31. The Morgan fingerprint density at radius 1 is 1.11 bits per heavy atom. The number of benzene rings is 2. The van der Waals surface area contributed by atoms with E-state index in [1.807, 2.05) is 4.72 Å². The Morgan fingerprint density at radius 2 is 1.74 bits per heavy atom. The van der Waals surface area contributed by atoms with Crippen molar-refractivity contribution in [1.82, 2.24) is 4.90 Å². The summed E-state index contributed by atoms with van der Waals surface area (Å²) in [4.78, 5) is 14.1. The molecule has 5 nitrogen and oxygen atoms in total. The standard InChI is InChI=1S/C19H20F2N2O3S/c1-13-4-3-11-23(12-13)19(24)14-7-9-15(10-8-14)27(25,26)22-18-16(20)5-2-6-17(18)21/h2,5-10,13,22H,3-4,11-12H2,1H3. The molecule has 1 N–H and O–H groups in total. The van der Waals surface area contributed by atoms with E-state index < -0.39 is 27.3 Å². The van der Waals surface area contributed by atoms with E-state index in [4.69, 9.17) is 0 Å². The molecule has 1 atom stereocenters. The number of sulfonamides is 1. The van der Waals surface area contributed by atoms with Crippen LogP contribution >= 0.6 is 0 Å². The lowest BCUT2D eigenvalue weighted by atomic mass is 9.99. The monoisotopic (exact) mass is 394 g/mol. The van der Waals surface area contributed by atoms with Crippen molar-refractivity contribution in [2.45, 2.75) is 24.7 Å². The highest BCUT2D eigenvalue weighted by molar-refractivity contribution is 7.92. The Kier molecular flexibility index (Phi) is 5.46. The van der Waals surface area contributed by atoms with Gasteiger partial charge in [0.05, 0.1) is 4.90 Å². The molecule has 8 heteroatoms. The van der Waals surface area contributed by atoms with Crippen LogP contribution in [0.2, 0.25) is 0 Å². The van der Waals surface area contributed by atoms with Crippen molar-refractivity contribution in [3.05, 3.63) is 59.7 Å². The van der Waals surface area contributed by atoms with E-state index in [9.17, 15) is 22.0 Å². The van der Waals surface area contributed by atoms with E-state index in [-0.39, 0.29) is 10.8 Å². The van der Waals surface area contributed by atoms with E-state index in [2.05, 4.69) is 6.92 Å². The van der Waals surface area contributed by atoms with Gasteiger partial charge in [0.15, 0.2) is 0 Å². The molecule has 144 valence electrons. The van der Waals surface area contributed by atoms with Gasteiger partial charge in [0, 0.05) is 18.7 Å². The molecule has 0 bridgehead atoms. The molecule has 2 aromatic rings. The first kappa shape index (κ1) is 19.3. The summed E-state index contributed by atoms with van der Waals surface area (Å²) in [5.74, 6) is -1.74. The van der Waals surface area contributed by atoms with E-state index in [0.29, 0.717) is 24.6 Å². The number of likely N-dealkylation sites (tertiary alicyclic amines) is 1. The normalized spacial score (nSPS) is 17.6. The topological polar surface area (TPSA) is 66.5 Å². The zero-order chi connectivity index (χ0) is 19.6. The highest BCUT2D eigenvalue weighted by Gasteiger charge is 2.23. The van der Waals surface area contributed by atoms with Crippen molar-refractivity contribution in [1.29, 1.82) is 0 Å². The molecule has 0 radical (unpaired) electrons. The summed E-state index contributed by atoms with van der Waals surface area (Å²) >= 11 is 0. The van der Waals surface area contributed by atoms with Crippen LogP contribution in [-0.4, -0.2) is 32.3 Å². The number of hydrogen-bond donors (Lipinski definition) is 1. The quantitative estimate of drug-likeness (QED) is 0.861. The predicted octanol–water partition coefficient (Wildman–Crippen LogP) is 3.64. The van der Waals surface area contributed by atoms with Crippen molar-refractivity contribution in [3.8, 4) is 0 Å². The van der Waals surface area contributed by atoms with Gasteiger partial charge in [0.2, 0.25) is 0 Å². The number of carbonyl (C=O) groups is 1. The SMILES string of the molecule is CC1CCCN(C(=O)c2ccc(S(=O)(=O)Nc3c(F)cccc3F)cc2)C1. The van der Waals surface area contributed by atoms with Gasteiger partial charge in [-0.2, -0.15) is 0 Å². The van der Waals surface area contributed by atoms with Gasteiger partial charge < -0.3 is 4.90 Å². The minimum absolute atomic E-state index is 0.154. The van der Waals surface area contributed by atoms with Crippen LogP contribution in [0.3, 0.4) is 0 Å². The van der Waals surface area contributed by atoms with Crippen molar-refractivity contribution in [3.63, 3.8) is 0 Å². The first-order valence-corrected chi connectivity index (χ1v) is 10.1. The van der Waals surface area contributed by atoms with Crippen LogP contribution in [0.25, 0.3) is 0 Å². The molecule has 2 aromatic carbocycles. The molecular weight excluding hydrogens is 374 g/mol. The number of hydrogen-bond acceptors (Lipinski definition) is 3. The fraction of sp³-hybridized carbons (Fsp3) is 0.316. The van der Waals surface area contributed by atoms with Crippen LogP contribution < -0.4 is 4.72 Å². The van der Waals surface area contributed by atoms with Gasteiger partial charge in [0.25, 0.3) is 15.9 Å². The van der Waals surface area contributed by atoms with Gasteiger partial charge in [-0.15, -0.1) is 0 Å². The van der Waals surface area contributed by atoms with Gasteiger partial charge in [0.1, 0.15) is 17.3 Å². The second-order valence-corrected chi connectivity index (χ2v) is 8.41. The lowest BCUT2D eigenvalue weighted by molar-refractivity contribution is 0.0683. The number of rotatable bonds is 4. The first-order valence-electron chi connectivity index (χ1n) is 8.64. The fourth-order valence-electron chi connectivity index (χ4n) is 3.12. The van der Waals surface area contributed by atoms with Gasteiger partial charge in [-0.1, -0.05) is 13.0 Å². The molecule has 1 amide bonds. The number of halogens is 2. The average molecular weight is 394 g/mol. The predicted molar refractivity (Wildman–Crippen MR) is 97.9 cm³/mol. The van der Waals surface area contributed by atoms with Crippen LogP contribution in [0.1, 0.15) is 30.1 Å². The Bertz CT molecular complexity index is 926. The second-order valence-electron chi connectivity index (χ2n) is 6.73. The summed E-state index contributed by atoms with van der Waals surface area (Å²) in [6, 6.07) is 8.39.